The normalized spacial score (nSPS) is 15.8. The van der Waals surface area contributed by atoms with Crippen molar-refractivity contribution in [3.8, 4) is 22.3 Å². The Labute approximate surface area is 675 Å². The van der Waals surface area contributed by atoms with Crippen LogP contribution in [0.25, 0.3) is 44.3 Å². The number of fused-ring (bicyclic) bond motifs is 2. The molecule has 4 aliphatic rings. The predicted molar refractivity (Wildman–Crippen MR) is 445 cm³/mol. The van der Waals surface area contributed by atoms with E-state index in [0.29, 0.717) is 109 Å². The van der Waals surface area contributed by atoms with Crippen LogP contribution in [0.3, 0.4) is 0 Å². The highest BCUT2D eigenvalue weighted by molar-refractivity contribution is 6.01. The lowest BCUT2D eigenvalue weighted by Crippen LogP contribution is -2.40. The zero-order valence-electron chi connectivity index (χ0n) is 67.1. The quantitative estimate of drug-likeness (QED) is 0.0228. The van der Waals surface area contributed by atoms with Gasteiger partial charge < -0.3 is 62.5 Å². The van der Waals surface area contributed by atoms with E-state index in [1.807, 2.05) is 87.6 Å². The third-order valence-corrected chi connectivity index (χ3v) is 21.0. The van der Waals surface area contributed by atoms with Crippen LogP contribution in [0.2, 0.25) is 0 Å². The molecule has 0 aliphatic carbocycles. The maximum absolute atomic E-state index is 15.1. The van der Waals surface area contributed by atoms with Crippen molar-refractivity contribution in [3.63, 3.8) is 0 Å². The Bertz CT molecular complexity index is 5120. The Hall–Kier alpha value is -11.4. The number of nitrogens with zero attached hydrogens (tertiary/aromatic N) is 7. The van der Waals surface area contributed by atoms with E-state index in [4.69, 9.17) is 29.9 Å². The van der Waals surface area contributed by atoms with Crippen LogP contribution in [0.15, 0.2) is 146 Å². The van der Waals surface area contributed by atoms with Crippen molar-refractivity contribution >= 4 is 69.4 Å². The molecule has 27 heteroatoms. The number of hydrogen-bond acceptors (Lipinski definition) is 18. The van der Waals surface area contributed by atoms with Crippen LogP contribution in [-0.2, 0) is 72.9 Å². The molecular formula is C89H106F2N16O9. The van der Waals surface area contributed by atoms with Gasteiger partial charge in [-0.2, -0.15) is 10.2 Å². The van der Waals surface area contributed by atoms with Gasteiger partial charge in [-0.3, -0.25) is 28.9 Å². The summed E-state index contributed by atoms with van der Waals surface area (Å²) >= 11 is 0. The Kier molecular flexibility index (Phi) is 28.8. The minimum absolute atomic E-state index is 0.142. The van der Waals surface area contributed by atoms with Crippen LogP contribution in [0, 0.1) is 11.6 Å². The molecule has 0 radical (unpaired) electrons. The van der Waals surface area contributed by atoms with Gasteiger partial charge in [-0.1, -0.05) is 74.5 Å². The minimum atomic E-state index is -0.430. The average Bonchev–Trinajstić information content (AvgIpc) is 1.60. The molecule has 25 nitrogen and oxygen atoms in total. The molecule has 4 saturated heterocycles. The number of ether oxygens (including phenoxy) is 3. The molecule has 4 fully saturated rings. The van der Waals surface area contributed by atoms with Crippen LogP contribution < -0.4 is 48.3 Å². The number of amides is 5. The monoisotopic (exact) mass is 1580 g/mol. The number of benzene rings is 6. The number of aryl methyl sites for hydroxylation is 4. The van der Waals surface area contributed by atoms with Crippen LogP contribution in [0.1, 0.15) is 178 Å². The van der Waals surface area contributed by atoms with Crippen molar-refractivity contribution in [2.45, 2.75) is 175 Å². The molecule has 0 unspecified atom stereocenters. The Morgan fingerprint density at radius 3 is 1.46 bits per heavy atom. The van der Waals surface area contributed by atoms with E-state index in [9.17, 15) is 33.2 Å². The van der Waals surface area contributed by atoms with Gasteiger partial charge in [0.2, 0.25) is 0 Å². The summed E-state index contributed by atoms with van der Waals surface area (Å²) in [6.07, 6.45) is 10.9. The number of aromatic nitrogens is 6. The van der Waals surface area contributed by atoms with Crippen LogP contribution >= 0.6 is 0 Å². The Morgan fingerprint density at radius 1 is 0.560 bits per heavy atom. The third-order valence-electron chi connectivity index (χ3n) is 21.0. The molecule has 0 spiro atoms. The van der Waals surface area contributed by atoms with Gasteiger partial charge in [0.25, 0.3) is 23.6 Å². The lowest BCUT2D eigenvalue weighted by molar-refractivity contribution is 0.0507. The zero-order valence-corrected chi connectivity index (χ0v) is 67.1. The number of halogens is 2. The van der Waals surface area contributed by atoms with Gasteiger partial charge in [-0.15, -0.1) is 0 Å². The van der Waals surface area contributed by atoms with Crippen molar-refractivity contribution in [3.05, 3.63) is 225 Å². The molecule has 116 heavy (non-hydrogen) atoms. The highest BCUT2D eigenvalue weighted by atomic mass is 19.1. The van der Waals surface area contributed by atoms with Crippen LogP contribution in [0.5, 0.6) is 0 Å². The second-order valence-corrected chi connectivity index (χ2v) is 30.6. The number of nitrogens with one attached hydrogen (secondary N) is 8. The fourth-order valence-corrected chi connectivity index (χ4v) is 14.9. The average molecular weight is 1580 g/mol. The number of carbonyl (C=O) groups is 6. The number of hydrogen-bond donors (Lipinski definition) is 9. The summed E-state index contributed by atoms with van der Waals surface area (Å²) in [5.41, 5.74) is 19.3. The molecule has 5 amide bonds. The highest BCUT2D eigenvalue weighted by Crippen LogP contribution is 2.35. The molecule has 8 heterocycles. The SMILES string of the molecule is CC(C)(C)OC(=O)N[C@H]1CCNC1.CCc1nc2c(cnn2CC)c(NC2CCOCC2)c1CNC(=O)c1cccc(C(=O)NCc2ccc(F)c(-c3cccc(C=O)c3)c2)c1.CCc1nc2c(cnn2CC)c(NC2CCOCC2)c1CNC(=O)c1cccc(C(=O)NCc2ccc(F)c(-c3cccc(CN4CC[C@H](N)C4)c3)c2)c1. The van der Waals surface area contributed by atoms with Gasteiger partial charge in [0.05, 0.1) is 34.5 Å². The summed E-state index contributed by atoms with van der Waals surface area (Å²) in [5, 5.41) is 36.4. The second-order valence-electron chi connectivity index (χ2n) is 30.6. The largest absolute Gasteiger partial charge is 0.444 e. The number of pyridine rings is 2. The van der Waals surface area contributed by atoms with Gasteiger partial charge in [0, 0.05) is 178 Å². The van der Waals surface area contributed by atoms with Crippen molar-refractivity contribution in [1.29, 1.82) is 0 Å². The van der Waals surface area contributed by atoms with E-state index in [2.05, 4.69) is 64.6 Å². The summed E-state index contributed by atoms with van der Waals surface area (Å²) in [6.45, 7) is 23.2. The number of nitrogens with two attached hydrogens (primary N) is 1. The van der Waals surface area contributed by atoms with Gasteiger partial charge in [0.1, 0.15) is 23.5 Å². The first-order valence-corrected chi connectivity index (χ1v) is 40.3. The van der Waals surface area contributed by atoms with Gasteiger partial charge in [-0.25, -0.2) is 32.9 Å². The summed E-state index contributed by atoms with van der Waals surface area (Å²) in [5.74, 6) is -2.08. The molecule has 2 atom stereocenters. The van der Waals surface area contributed by atoms with E-state index < -0.39 is 11.4 Å². The number of alkyl carbamates (subject to hydrolysis) is 1. The van der Waals surface area contributed by atoms with Crippen molar-refractivity contribution in [2.24, 2.45) is 5.73 Å². The van der Waals surface area contributed by atoms with E-state index >= 15 is 4.39 Å². The van der Waals surface area contributed by atoms with E-state index in [0.717, 1.165) is 144 Å². The van der Waals surface area contributed by atoms with Crippen LogP contribution in [-0.4, -0.2) is 153 Å². The number of carbonyl (C=O) groups excluding carboxylic acids is 6. The molecule has 14 rings (SSSR count). The fraction of sp³-hybridized carbons (Fsp3) is 0.393. The number of anilines is 2. The molecule has 10 N–H and O–H groups in total. The number of rotatable bonds is 26. The summed E-state index contributed by atoms with van der Waals surface area (Å²) in [6, 6.07) is 38.2. The summed E-state index contributed by atoms with van der Waals surface area (Å²) in [7, 11) is 0. The predicted octanol–water partition coefficient (Wildman–Crippen LogP) is 12.8. The van der Waals surface area contributed by atoms with Crippen molar-refractivity contribution < 1.29 is 51.8 Å². The standard InChI is InChI=1S/C42H49FN8O3.C38H39FN6O4.C9H18N2O2/c1-3-38-35(39(48-33-14-17-54-18-15-33)36-24-47-51(4-2)40(36)49-38)23-46-42(53)31-10-6-9-30(21-31)41(52)45-22-27-11-12-37(43)34(20-27)29-8-5-7-28(19-29)25-50-16-13-32(44)26-50;1-3-34-31(35(43-29-13-15-49-16-14-29)32-22-42-45(4-2)36(32)44-34)21-41-38(48)28-10-6-9-27(19-28)37(47)40-20-24-11-12-33(39)30(18-24)26-8-5-7-25(17-26)23-46;1-9(2,3)13-8(12)11-7-4-5-10-6-7/h5-12,19-21,24,32-33H,3-4,13-18,22-23,25-26,44H2,1-2H3,(H,45,52)(H,46,53)(H,48,49);5-12,17-19,22-23,29H,3-4,13-16,20-21H2,1-2H3,(H,40,47)(H,41,48)(H,43,44);7,10H,4-6H2,1-3H3,(H,11,12)/t32-;;7-/m0.0/s1. The molecule has 610 valence electrons. The maximum atomic E-state index is 15.1. The lowest BCUT2D eigenvalue weighted by Gasteiger charge is -2.26. The number of likely N-dealkylation sites (tertiary alicyclic amines) is 1. The topological polar surface area (TPSA) is 317 Å². The maximum Gasteiger partial charge on any atom is 0.407 e. The Balaban J connectivity index is 0.000000186. The third kappa shape index (κ3) is 22.0. The zero-order chi connectivity index (χ0) is 81.8. The lowest BCUT2D eigenvalue weighted by atomic mass is 10.00. The molecule has 0 saturated carbocycles. The smallest absolute Gasteiger partial charge is 0.407 e. The van der Waals surface area contributed by atoms with Gasteiger partial charge in [0.15, 0.2) is 11.3 Å². The number of aldehydes is 1. The Morgan fingerprint density at radius 2 is 1.03 bits per heavy atom. The molecule has 6 aromatic carbocycles. The van der Waals surface area contributed by atoms with E-state index in [1.54, 1.807) is 97.1 Å². The van der Waals surface area contributed by atoms with E-state index in [-0.39, 0.29) is 85.9 Å². The van der Waals surface area contributed by atoms with Gasteiger partial charge in [-0.05, 0) is 193 Å². The molecule has 4 aliphatic heterocycles. The summed E-state index contributed by atoms with van der Waals surface area (Å²) in [4.78, 5) is 88.2. The first kappa shape index (κ1) is 84.0. The minimum Gasteiger partial charge on any atom is -0.444 e. The molecule has 10 aromatic rings. The summed E-state index contributed by atoms with van der Waals surface area (Å²) < 4.78 is 49.8. The second kappa shape index (κ2) is 39.8. The molecule has 0 bridgehead atoms. The van der Waals surface area contributed by atoms with Crippen LogP contribution in [0.4, 0.5) is 25.0 Å². The molecule has 4 aromatic heterocycles. The van der Waals surface area contributed by atoms with Crippen molar-refractivity contribution in [1.82, 2.24) is 66.3 Å². The fourth-order valence-electron chi connectivity index (χ4n) is 14.9. The van der Waals surface area contributed by atoms with Gasteiger partial charge >= 0.3 is 6.09 Å². The first-order chi connectivity index (χ1) is 56.1. The van der Waals surface area contributed by atoms with Crippen molar-refractivity contribution in [2.75, 3.05) is 63.2 Å². The first-order valence-electron chi connectivity index (χ1n) is 40.3. The van der Waals surface area contributed by atoms with E-state index in [1.165, 1.54) is 12.1 Å². The highest BCUT2D eigenvalue weighted by Gasteiger charge is 2.28. The molecular weight excluding hydrogens is 1480 g/mol.